The molecular weight excluding hydrogens is 254 g/mol. The van der Waals surface area contributed by atoms with E-state index in [4.69, 9.17) is 0 Å². The summed E-state index contributed by atoms with van der Waals surface area (Å²) in [5.41, 5.74) is 0.939. The minimum Gasteiger partial charge on any atom is -0.507 e. The topological polar surface area (TPSA) is 66.4 Å². The molecule has 1 aromatic rings. The molecule has 0 fully saturated rings. The van der Waals surface area contributed by atoms with E-state index in [0.29, 0.717) is 18.5 Å². The van der Waals surface area contributed by atoms with Gasteiger partial charge >= 0.3 is 0 Å². The zero-order chi connectivity index (χ0) is 14.7. The average molecular weight is 273 g/mol. The molecule has 0 aliphatic heterocycles. The molecule has 0 bridgehead atoms. The number of nitrogens with one attached hydrogen (secondary N) is 1. The van der Waals surface area contributed by atoms with Gasteiger partial charge < -0.3 is 10.4 Å². The Hall–Kier alpha value is -1.94. The first-order valence-corrected chi connectivity index (χ1v) is 6.96. The van der Waals surface area contributed by atoms with Crippen LogP contribution in [0.15, 0.2) is 29.8 Å². The highest BCUT2D eigenvalue weighted by Crippen LogP contribution is 2.30. The molecule has 1 atom stereocenters. The summed E-state index contributed by atoms with van der Waals surface area (Å²) in [6, 6.07) is 6.40. The van der Waals surface area contributed by atoms with Crippen LogP contribution in [0.3, 0.4) is 0 Å². The zero-order valence-corrected chi connectivity index (χ0v) is 11.8. The highest BCUT2D eigenvalue weighted by Gasteiger charge is 2.36. The smallest absolute Gasteiger partial charge is 0.234 e. The molecule has 4 heteroatoms. The SMILES string of the molecule is CCCC(NCC)C1=C(O)c2ccccc2C(=O)C1=O. The van der Waals surface area contributed by atoms with Crippen LogP contribution in [0.1, 0.15) is 42.6 Å². The number of hydrogen-bond donors (Lipinski definition) is 2. The second-order valence-corrected chi connectivity index (χ2v) is 4.87. The third-order valence-corrected chi connectivity index (χ3v) is 3.51. The van der Waals surface area contributed by atoms with Crippen molar-refractivity contribution in [3.8, 4) is 0 Å². The summed E-state index contributed by atoms with van der Waals surface area (Å²) in [4.78, 5) is 24.4. The molecule has 1 aromatic carbocycles. The molecule has 20 heavy (non-hydrogen) atoms. The third-order valence-electron chi connectivity index (χ3n) is 3.51. The van der Waals surface area contributed by atoms with E-state index in [0.717, 1.165) is 6.42 Å². The number of aliphatic hydroxyl groups excluding tert-OH is 1. The van der Waals surface area contributed by atoms with Gasteiger partial charge in [0, 0.05) is 17.2 Å². The first kappa shape index (κ1) is 14.5. The number of carbonyl (C=O) groups excluding carboxylic acids is 2. The second-order valence-electron chi connectivity index (χ2n) is 4.87. The monoisotopic (exact) mass is 273 g/mol. The van der Waals surface area contributed by atoms with Crippen LogP contribution in [0.25, 0.3) is 5.76 Å². The predicted octanol–water partition coefficient (Wildman–Crippen LogP) is 2.50. The van der Waals surface area contributed by atoms with E-state index in [1.54, 1.807) is 24.3 Å². The van der Waals surface area contributed by atoms with E-state index in [-0.39, 0.29) is 22.9 Å². The van der Waals surface area contributed by atoms with Crippen molar-refractivity contribution in [1.82, 2.24) is 5.32 Å². The molecule has 0 spiro atoms. The Balaban J connectivity index is 2.55. The van der Waals surface area contributed by atoms with Crippen LogP contribution in [-0.4, -0.2) is 29.3 Å². The molecule has 2 rings (SSSR count). The van der Waals surface area contributed by atoms with Crippen LogP contribution in [0.5, 0.6) is 0 Å². The van der Waals surface area contributed by atoms with E-state index in [2.05, 4.69) is 5.32 Å². The Morgan fingerprint density at radius 2 is 1.75 bits per heavy atom. The molecule has 1 aliphatic carbocycles. The number of likely N-dealkylation sites (N-methyl/N-ethyl adjacent to an activating group) is 1. The van der Waals surface area contributed by atoms with E-state index in [9.17, 15) is 14.7 Å². The molecule has 4 nitrogen and oxygen atoms in total. The van der Waals surface area contributed by atoms with E-state index < -0.39 is 11.6 Å². The van der Waals surface area contributed by atoms with Crippen molar-refractivity contribution in [2.45, 2.75) is 32.7 Å². The lowest BCUT2D eigenvalue weighted by molar-refractivity contribution is -0.112. The molecule has 1 unspecified atom stereocenters. The van der Waals surface area contributed by atoms with E-state index in [1.165, 1.54) is 0 Å². The third kappa shape index (κ3) is 2.39. The Morgan fingerprint density at radius 3 is 2.35 bits per heavy atom. The Morgan fingerprint density at radius 1 is 1.10 bits per heavy atom. The van der Waals surface area contributed by atoms with Gasteiger partial charge in [0.1, 0.15) is 5.76 Å². The number of carbonyl (C=O) groups is 2. The first-order chi connectivity index (χ1) is 9.61. The Bertz CT molecular complexity index is 569. The normalized spacial score (nSPS) is 16.3. The molecule has 1 aliphatic rings. The van der Waals surface area contributed by atoms with Gasteiger partial charge in [-0.05, 0) is 13.0 Å². The van der Waals surface area contributed by atoms with Gasteiger partial charge in [-0.2, -0.15) is 0 Å². The molecular formula is C16H19NO3. The van der Waals surface area contributed by atoms with Crippen LogP contribution in [0, 0.1) is 0 Å². The van der Waals surface area contributed by atoms with Crippen LogP contribution in [-0.2, 0) is 4.79 Å². The summed E-state index contributed by atoms with van der Waals surface area (Å²) in [5.74, 6) is -1.20. The largest absolute Gasteiger partial charge is 0.507 e. The second kappa shape index (κ2) is 6.01. The van der Waals surface area contributed by atoms with Gasteiger partial charge in [0.25, 0.3) is 0 Å². The standard InChI is InChI=1S/C16H19NO3/c1-3-7-12(17-4-2)13-14(18)10-8-5-6-9-11(10)15(19)16(13)20/h5-6,8-9,12,17-18H,3-4,7H2,1-2H3. The summed E-state index contributed by atoms with van der Waals surface area (Å²) in [5, 5.41) is 13.6. The van der Waals surface area contributed by atoms with Crippen molar-refractivity contribution in [3.05, 3.63) is 41.0 Å². The molecule has 0 radical (unpaired) electrons. The maximum absolute atomic E-state index is 12.3. The summed E-state index contributed by atoms with van der Waals surface area (Å²) in [7, 11) is 0. The number of aliphatic hydroxyl groups is 1. The molecule has 0 saturated heterocycles. The lowest BCUT2D eigenvalue weighted by Gasteiger charge is -2.24. The fourth-order valence-corrected chi connectivity index (χ4v) is 2.59. The highest BCUT2D eigenvalue weighted by atomic mass is 16.3. The van der Waals surface area contributed by atoms with Gasteiger partial charge in [0.15, 0.2) is 0 Å². The lowest BCUT2D eigenvalue weighted by atomic mass is 9.84. The van der Waals surface area contributed by atoms with Crippen molar-refractivity contribution in [1.29, 1.82) is 0 Å². The minimum atomic E-state index is -0.597. The lowest BCUT2D eigenvalue weighted by Crippen LogP contribution is -2.38. The number of Topliss-reactive ketones (excluding diaryl/α,β-unsaturated/α-hetero) is 2. The van der Waals surface area contributed by atoms with Gasteiger partial charge in [-0.15, -0.1) is 0 Å². The fourth-order valence-electron chi connectivity index (χ4n) is 2.59. The maximum atomic E-state index is 12.3. The summed E-state index contributed by atoms with van der Waals surface area (Å²) in [6.07, 6.45) is 1.56. The van der Waals surface area contributed by atoms with E-state index in [1.807, 2.05) is 13.8 Å². The summed E-state index contributed by atoms with van der Waals surface area (Å²) < 4.78 is 0. The van der Waals surface area contributed by atoms with Crippen molar-refractivity contribution >= 4 is 17.3 Å². The number of benzene rings is 1. The summed E-state index contributed by atoms with van der Waals surface area (Å²) in [6.45, 7) is 4.61. The predicted molar refractivity (Wildman–Crippen MR) is 77.7 cm³/mol. The number of rotatable bonds is 5. The molecule has 0 heterocycles. The zero-order valence-electron chi connectivity index (χ0n) is 11.8. The maximum Gasteiger partial charge on any atom is 0.234 e. The minimum absolute atomic E-state index is 0.0652. The molecule has 106 valence electrons. The Kier molecular flexibility index (Phi) is 4.35. The molecule has 0 amide bonds. The molecule has 0 aromatic heterocycles. The van der Waals surface area contributed by atoms with Gasteiger partial charge in [0.2, 0.25) is 11.6 Å². The molecule has 2 N–H and O–H groups in total. The summed E-state index contributed by atoms with van der Waals surface area (Å²) >= 11 is 0. The first-order valence-electron chi connectivity index (χ1n) is 6.96. The van der Waals surface area contributed by atoms with Crippen LogP contribution < -0.4 is 5.32 Å². The van der Waals surface area contributed by atoms with Crippen molar-refractivity contribution in [2.75, 3.05) is 6.54 Å². The quantitative estimate of drug-likeness (QED) is 0.809. The van der Waals surface area contributed by atoms with E-state index >= 15 is 0 Å². The molecule has 0 saturated carbocycles. The van der Waals surface area contributed by atoms with Crippen LogP contribution in [0.4, 0.5) is 0 Å². The highest BCUT2D eigenvalue weighted by molar-refractivity contribution is 6.52. The number of hydrogen-bond acceptors (Lipinski definition) is 4. The van der Waals surface area contributed by atoms with Crippen molar-refractivity contribution < 1.29 is 14.7 Å². The van der Waals surface area contributed by atoms with Crippen LogP contribution in [0.2, 0.25) is 0 Å². The fraction of sp³-hybridized carbons (Fsp3) is 0.375. The van der Waals surface area contributed by atoms with Gasteiger partial charge in [-0.3, -0.25) is 9.59 Å². The van der Waals surface area contributed by atoms with Crippen molar-refractivity contribution in [2.24, 2.45) is 0 Å². The van der Waals surface area contributed by atoms with Gasteiger partial charge in [-0.25, -0.2) is 0 Å². The van der Waals surface area contributed by atoms with Crippen LogP contribution >= 0.6 is 0 Å². The number of fused-ring (bicyclic) bond motifs is 1. The van der Waals surface area contributed by atoms with Gasteiger partial charge in [-0.1, -0.05) is 44.5 Å². The number of ketones is 2. The van der Waals surface area contributed by atoms with Gasteiger partial charge in [0.05, 0.1) is 5.57 Å². The Labute approximate surface area is 118 Å². The average Bonchev–Trinajstić information content (AvgIpc) is 2.45. The van der Waals surface area contributed by atoms with Crippen molar-refractivity contribution in [3.63, 3.8) is 0 Å².